The van der Waals surface area contributed by atoms with Gasteiger partial charge < -0.3 is 9.64 Å². The summed E-state index contributed by atoms with van der Waals surface area (Å²) in [5.41, 5.74) is 1.95. The molecule has 2 aliphatic rings. The molecule has 154 valence electrons. The van der Waals surface area contributed by atoms with Gasteiger partial charge in [-0.1, -0.05) is 30.3 Å². The summed E-state index contributed by atoms with van der Waals surface area (Å²) in [7, 11) is 0. The molecule has 0 unspecified atom stereocenters. The number of nitro benzene ring substituents is 1. The summed E-state index contributed by atoms with van der Waals surface area (Å²) in [6.07, 6.45) is 0. The molecule has 0 N–H and O–H groups in total. The monoisotopic (exact) mass is 408 g/mol. The van der Waals surface area contributed by atoms with Gasteiger partial charge in [0.2, 0.25) is 0 Å². The average molecular weight is 408 g/mol. The van der Waals surface area contributed by atoms with Crippen LogP contribution in [-0.2, 0) is 20.9 Å². The number of anilines is 1. The third-order valence-electron chi connectivity index (χ3n) is 5.30. The lowest BCUT2D eigenvalue weighted by Crippen LogP contribution is -2.42. The first-order valence-electron chi connectivity index (χ1n) is 9.56. The van der Waals surface area contributed by atoms with Crippen LogP contribution in [0.4, 0.5) is 11.4 Å². The van der Waals surface area contributed by atoms with Crippen LogP contribution in [0.1, 0.15) is 12.5 Å². The maximum Gasteiger partial charge on any atom is 0.328 e. The number of rotatable bonds is 6. The molecular formula is C21H20N4O5. The number of non-ortho nitro benzene ring substituents is 1. The minimum absolute atomic E-state index is 0.00381. The average Bonchev–Trinajstić information content (AvgIpc) is 3.31. The van der Waals surface area contributed by atoms with Gasteiger partial charge in [0.1, 0.15) is 18.4 Å². The molecule has 0 radical (unpaired) electrons. The lowest BCUT2D eigenvalue weighted by molar-refractivity contribution is -0.384. The second kappa shape index (κ2) is 7.94. The summed E-state index contributed by atoms with van der Waals surface area (Å²) in [5.74, 6) is -0.870. The molecule has 2 aromatic rings. The summed E-state index contributed by atoms with van der Waals surface area (Å²) in [6.45, 7) is 2.66. The standard InChI is InChI=1S/C21H20N4O5/c1-14(21(27)30-13-15-5-3-2-4-6-15)23-11-16-12-24(22-19(16)20(23)26)17-7-9-18(10-8-17)25(28)29/h2-10,14,16H,11-13H2,1H3/t14-,16-/m0/s1. The second-order valence-electron chi connectivity index (χ2n) is 7.26. The fraction of sp³-hybridized carbons (Fsp3) is 0.286. The number of ether oxygens (including phenoxy) is 1. The molecule has 9 heteroatoms. The number of fused-ring (bicyclic) bond motifs is 1. The van der Waals surface area contributed by atoms with Gasteiger partial charge in [0.25, 0.3) is 11.6 Å². The van der Waals surface area contributed by atoms with Gasteiger partial charge in [-0.15, -0.1) is 0 Å². The topological polar surface area (TPSA) is 105 Å². The van der Waals surface area contributed by atoms with Gasteiger partial charge in [-0.2, -0.15) is 5.10 Å². The Morgan fingerprint density at radius 2 is 1.90 bits per heavy atom. The third kappa shape index (κ3) is 3.73. The maximum absolute atomic E-state index is 12.8. The zero-order chi connectivity index (χ0) is 21.3. The predicted octanol–water partition coefficient (Wildman–Crippen LogP) is 2.36. The number of esters is 1. The van der Waals surface area contributed by atoms with Crippen LogP contribution in [0.5, 0.6) is 0 Å². The number of nitro groups is 1. The predicted molar refractivity (Wildman–Crippen MR) is 109 cm³/mol. The largest absolute Gasteiger partial charge is 0.459 e. The molecule has 0 aromatic heterocycles. The summed E-state index contributed by atoms with van der Waals surface area (Å²) >= 11 is 0. The lowest BCUT2D eigenvalue weighted by Gasteiger charge is -2.24. The zero-order valence-electron chi connectivity index (χ0n) is 16.3. The summed E-state index contributed by atoms with van der Waals surface area (Å²) in [5, 5.41) is 16.9. The number of carbonyl (C=O) groups excluding carboxylic acids is 2. The lowest BCUT2D eigenvalue weighted by atomic mass is 10.1. The van der Waals surface area contributed by atoms with Crippen molar-refractivity contribution in [2.45, 2.75) is 19.6 Å². The summed E-state index contributed by atoms with van der Waals surface area (Å²) in [4.78, 5) is 37.0. The SMILES string of the molecule is C[C@@H](C(=O)OCc1ccccc1)N1C[C@H]2CN(c3ccc([N+](=O)[O-])cc3)N=C2C1=O. The molecule has 0 bridgehead atoms. The van der Waals surface area contributed by atoms with E-state index in [0.29, 0.717) is 24.5 Å². The smallest absolute Gasteiger partial charge is 0.328 e. The molecular weight excluding hydrogens is 388 g/mol. The first-order valence-corrected chi connectivity index (χ1v) is 9.56. The van der Waals surface area contributed by atoms with Crippen LogP contribution in [-0.4, -0.2) is 46.5 Å². The van der Waals surface area contributed by atoms with E-state index in [1.165, 1.54) is 17.0 Å². The molecule has 0 spiro atoms. The van der Waals surface area contributed by atoms with E-state index >= 15 is 0 Å². The van der Waals surface area contributed by atoms with E-state index in [1.807, 2.05) is 30.3 Å². The Hall–Kier alpha value is -3.75. The van der Waals surface area contributed by atoms with Crippen LogP contribution in [0, 0.1) is 16.0 Å². The number of benzene rings is 2. The number of amides is 1. The highest BCUT2D eigenvalue weighted by molar-refractivity contribution is 6.42. The van der Waals surface area contributed by atoms with E-state index in [1.54, 1.807) is 24.1 Å². The Labute approximate surface area is 172 Å². The van der Waals surface area contributed by atoms with Gasteiger partial charge in [0.15, 0.2) is 0 Å². The minimum atomic E-state index is -0.706. The van der Waals surface area contributed by atoms with Crippen molar-refractivity contribution < 1.29 is 19.2 Å². The molecule has 0 aliphatic carbocycles. The van der Waals surface area contributed by atoms with Gasteiger partial charge in [-0.3, -0.25) is 19.9 Å². The van der Waals surface area contributed by atoms with Gasteiger partial charge in [0, 0.05) is 24.6 Å². The Balaban J connectivity index is 1.39. The minimum Gasteiger partial charge on any atom is -0.459 e. The number of hydrazone groups is 1. The maximum atomic E-state index is 12.8. The highest BCUT2D eigenvalue weighted by Gasteiger charge is 2.45. The molecule has 2 aromatic carbocycles. The van der Waals surface area contributed by atoms with E-state index in [-0.39, 0.29) is 24.1 Å². The first-order chi connectivity index (χ1) is 14.4. The quantitative estimate of drug-likeness (QED) is 0.413. The molecule has 2 aliphatic heterocycles. The van der Waals surface area contributed by atoms with Crippen molar-refractivity contribution in [3.8, 4) is 0 Å². The van der Waals surface area contributed by atoms with E-state index in [9.17, 15) is 19.7 Å². The molecule has 0 saturated carbocycles. The molecule has 1 saturated heterocycles. The van der Waals surface area contributed by atoms with Crippen LogP contribution in [0.3, 0.4) is 0 Å². The van der Waals surface area contributed by atoms with Crippen molar-refractivity contribution in [2.75, 3.05) is 18.1 Å². The van der Waals surface area contributed by atoms with E-state index < -0.39 is 16.9 Å². The van der Waals surface area contributed by atoms with Gasteiger partial charge in [0.05, 0.1) is 17.2 Å². The molecule has 1 amide bonds. The van der Waals surface area contributed by atoms with Crippen LogP contribution < -0.4 is 5.01 Å². The van der Waals surface area contributed by atoms with E-state index in [0.717, 1.165) is 5.56 Å². The summed E-state index contributed by atoms with van der Waals surface area (Å²) in [6, 6.07) is 14.7. The number of hydrogen-bond donors (Lipinski definition) is 0. The van der Waals surface area contributed by atoms with Crippen LogP contribution in [0.15, 0.2) is 59.7 Å². The Bertz CT molecular complexity index is 1010. The van der Waals surface area contributed by atoms with Crippen LogP contribution >= 0.6 is 0 Å². The Kier molecular flexibility index (Phi) is 5.18. The first kappa shape index (κ1) is 19.6. The zero-order valence-corrected chi connectivity index (χ0v) is 16.3. The van der Waals surface area contributed by atoms with Crippen molar-refractivity contribution in [2.24, 2.45) is 11.0 Å². The Morgan fingerprint density at radius 3 is 2.53 bits per heavy atom. The van der Waals surface area contributed by atoms with Gasteiger partial charge in [-0.25, -0.2) is 4.79 Å². The molecule has 2 heterocycles. The third-order valence-corrected chi connectivity index (χ3v) is 5.30. The van der Waals surface area contributed by atoms with Crippen molar-refractivity contribution in [1.29, 1.82) is 0 Å². The summed E-state index contributed by atoms with van der Waals surface area (Å²) < 4.78 is 5.36. The van der Waals surface area contributed by atoms with Crippen molar-refractivity contribution in [1.82, 2.24) is 4.90 Å². The second-order valence-corrected chi connectivity index (χ2v) is 7.26. The van der Waals surface area contributed by atoms with Crippen molar-refractivity contribution in [3.63, 3.8) is 0 Å². The molecule has 9 nitrogen and oxygen atoms in total. The Morgan fingerprint density at radius 1 is 1.20 bits per heavy atom. The van der Waals surface area contributed by atoms with Gasteiger partial charge in [-0.05, 0) is 24.6 Å². The fourth-order valence-corrected chi connectivity index (χ4v) is 3.60. The van der Waals surface area contributed by atoms with E-state index in [2.05, 4.69) is 5.10 Å². The fourth-order valence-electron chi connectivity index (χ4n) is 3.60. The highest BCUT2D eigenvalue weighted by Crippen LogP contribution is 2.30. The molecule has 4 rings (SSSR count). The molecule has 1 fully saturated rings. The van der Waals surface area contributed by atoms with Crippen molar-refractivity contribution in [3.05, 3.63) is 70.3 Å². The number of nitrogens with zero attached hydrogens (tertiary/aromatic N) is 4. The molecule has 30 heavy (non-hydrogen) atoms. The number of hydrogen-bond acceptors (Lipinski definition) is 7. The molecule has 2 atom stereocenters. The van der Waals surface area contributed by atoms with Gasteiger partial charge >= 0.3 is 5.97 Å². The highest BCUT2D eigenvalue weighted by atomic mass is 16.6. The van der Waals surface area contributed by atoms with Crippen LogP contribution in [0.2, 0.25) is 0 Å². The van der Waals surface area contributed by atoms with E-state index in [4.69, 9.17) is 4.74 Å². The number of likely N-dealkylation sites (tertiary alicyclic amines) is 1. The normalized spacial score (nSPS) is 18.8. The number of carbonyl (C=O) groups is 2. The van der Waals surface area contributed by atoms with Crippen molar-refractivity contribution >= 4 is 29.0 Å². The van der Waals surface area contributed by atoms with Crippen LogP contribution in [0.25, 0.3) is 0 Å².